The van der Waals surface area contributed by atoms with Gasteiger partial charge in [-0.15, -0.1) is 11.5 Å². The molecule has 1 aromatic rings. The minimum Gasteiger partial charge on any atom is -0.445 e. The van der Waals surface area contributed by atoms with E-state index in [-0.39, 0.29) is 11.9 Å². The van der Waals surface area contributed by atoms with Crippen molar-refractivity contribution in [2.45, 2.75) is 13.0 Å². The maximum absolute atomic E-state index is 12.5. The molecule has 0 unspecified atom stereocenters. The Bertz CT molecular complexity index is 400. The Labute approximate surface area is 99.0 Å². The molecule has 0 saturated heterocycles. The summed E-state index contributed by atoms with van der Waals surface area (Å²) < 4.78 is 37.4. The third-order valence-electron chi connectivity index (χ3n) is 3.00. The summed E-state index contributed by atoms with van der Waals surface area (Å²) in [4.78, 5) is 2.03. The summed E-state index contributed by atoms with van der Waals surface area (Å²) in [7, 11) is 0. The highest BCUT2D eigenvalue weighted by atomic mass is 19.4. The van der Waals surface area contributed by atoms with Crippen LogP contribution in [-0.2, 0) is 6.54 Å². The highest BCUT2D eigenvalue weighted by Gasteiger charge is 2.29. The Morgan fingerprint density at radius 3 is 2.35 bits per heavy atom. The van der Waals surface area contributed by atoms with Crippen LogP contribution in [0.3, 0.4) is 0 Å². The van der Waals surface area contributed by atoms with Crippen molar-refractivity contribution in [3.05, 3.63) is 47.4 Å². The van der Waals surface area contributed by atoms with E-state index < -0.39 is 6.98 Å². The lowest BCUT2D eigenvalue weighted by molar-refractivity contribution is 0.285. The molecule has 0 aromatic heterocycles. The predicted molar refractivity (Wildman–Crippen MR) is 63.5 cm³/mol. The molecular weight excluding hydrogens is 226 g/mol. The number of nitrogens with zero attached hydrogens (tertiary/aromatic N) is 1. The number of hydrogen-bond donors (Lipinski definition) is 0. The van der Waals surface area contributed by atoms with Crippen molar-refractivity contribution >= 4 is 6.98 Å². The van der Waals surface area contributed by atoms with Gasteiger partial charge in [0.25, 0.3) is 0 Å². The first-order valence-corrected chi connectivity index (χ1v) is 5.71. The molecule has 92 valence electrons. The first kappa shape index (κ1) is 12.2. The number of hydrogen-bond acceptors (Lipinski definition) is 1. The van der Waals surface area contributed by atoms with Gasteiger partial charge in [-0.25, -0.2) is 0 Å². The molecule has 1 heterocycles. The second kappa shape index (κ2) is 4.96. The molecule has 1 aliphatic heterocycles. The molecule has 2 rings (SSSR count). The fourth-order valence-electron chi connectivity index (χ4n) is 2.01. The van der Waals surface area contributed by atoms with Gasteiger partial charge in [0, 0.05) is 13.1 Å². The number of rotatable bonds is 3. The maximum atomic E-state index is 12.5. The van der Waals surface area contributed by atoms with Crippen molar-refractivity contribution in [1.82, 2.24) is 4.90 Å². The molecule has 0 fully saturated rings. The molecular formula is C12H14BF3N-. The summed E-state index contributed by atoms with van der Waals surface area (Å²) in [5.41, 5.74) is 0.816. The van der Waals surface area contributed by atoms with Gasteiger partial charge in [0.2, 0.25) is 0 Å². The van der Waals surface area contributed by atoms with E-state index in [2.05, 4.69) is 0 Å². The largest absolute Gasteiger partial charge is 0.505 e. The van der Waals surface area contributed by atoms with E-state index >= 15 is 0 Å². The summed E-state index contributed by atoms with van der Waals surface area (Å²) in [6.45, 7) is -3.18. The van der Waals surface area contributed by atoms with Gasteiger partial charge >= 0.3 is 6.98 Å². The van der Waals surface area contributed by atoms with Crippen molar-refractivity contribution in [3.8, 4) is 0 Å². The quantitative estimate of drug-likeness (QED) is 0.733. The van der Waals surface area contributed by atoms with Gasteiger partial charge in [-0.1, -0.05) is 30.3 Å². The standard InChI is InChI=1S/C12H14BF3N/c14-13(15,16)12-6-8-17(9-7-12)10-11-4-2-1-3-5-11/h1-6H,7-10H2/q-1. The van der Waals surface area contributed by atoms with Gasteiger partial charge in [-0.3, -0.25) is 4.90 Å². The molecule has 1 aromatic carbocycles. The van der Waals surface area contributed by atoms with Crippen LogP contribution < -0.4 is 0 Å². The monoisotopic (exact) mass is 240 g/mol. The second-order valence-corrected chi connectivity index (χ2v) is 4.32. The smallest absolute Gasteiger partial charge is 0.445 e. The van der Waals surface area contributed by atoms with Crippen LogP contribution in [0.1, 0.15) is 12.0 Å². The molecule has 1 aliphatic rings. The fraction of sp³-hybridized carbons (Fsp3) is 0.333. The Kier molecular flexibility index (Phi) is 3.57. The van der Waals surface area contributed by atoms with Gasteiger partial charge < -0.3 is 12.9 Å². The predicted octanol–water partition coefficient (Wildman–Crippen LogP) is 3.21. The molecule has 0 spiro atoms. The molecule has 0 aliphatic carbocycles. The Morgan fingerprint density at radius 1 is 1.12 bits per heavy atom. The lowest BCUT2D eigenvalue weighted by atomic mass is 9.75. The van der Waals surface area contributed by atoms with Crippen LogP contribution in [0.4, 0.5) is 12.9 Å². The van der Waals surface area contributed by atoms with E-state index in [0.29, 0.717) is 13.1 Å². The third kappa shape index (κ3) is 3.36. The summed E-state index contributed by atoms with van der Waals surface area (Å²) in [6, 6.07) is 9.81. The van der Waals surface area contributed by atoms with Crippen LogP contribution in [-0.4, -0.2) is 25.0 Å². The molecule has 17 heavy (non-hydrogen) atoms. The highest BCUT2D eigenvalue weighted by molar-refractivity contribution is 6.66. The Balaban J connectivity index is 1.94. The van der Waals surface area contributed by atoms with Crippen LogP contribution in [0.15, 0.2) is 41.9 Å². The van der Waals surface area contributed by atoms with E-state index in [9.17, 15) is 12.9 Å². The van der Waals surface area contributed by atoms with E-state index in [1.165, 1.54) is 6.08 Å². The first-order chi connectivity index (χ1) is 8.05. The van der Waals surface area contributed by atoms with Gasteiger partial charge in [0.1, 0.15) is 0 Å². The van der Waals surface area contributed by atoms with Gasteiger partial charge in [-0.05, 0) is 18.5 Å². The van der Waals surface area contributed by atoms with Crippen LogP contribution in [0.2, 0.25) is 0 Å². The summed E-state index contributed by atoms with van der Waals surface area (Å²) in [6.07, 6.45) is 1.45. The Hall–Kier alpha value is -1.23. The number of benzene rings is 1. The first-order valence-electron chi connectivity index (χ1n) is 5.71. The van der Waals surface area contributed by atoms with Gasteiger partial charge in [0.05, 0.1) is 0 Å². The SMILES string of the molecule is F[B-](F)(F)C1=CCN(Cc2ccccc2)CC1. The lowest BCUT2D eigenvalue weighted by Crippen LogP contribution is -2.33. The van der Waals surface area contributed by atoms with Crippen molar-refractivity contribution < 1.29 is 12.9 Å². The zero-order valence-electron chi connectivity index (χ0n) is 9.45. The van der Waals surface area contributed by atoms with Gasteiger partial charge in [0.15, 0.2) is 0 Å². The third-order valence-corrected chi connectivity index (χ3v) is 3.00. The molecule has 5 heteroatoms. The van der Waals surface area contributed by atoms with Crippen LogP contribution in [0.5, 0.6) is 0 Å². The van der Waals surface area contributed by atoms with Crippen molar-refractivity contribution in [2.24, 2.45) is 0 Å². The lowest BCUT2D eigenvalue weighted by Gasteiger charge is -2.30. The number of halogens is 3. The molecule has 0 amide bonds. The van der Waals surface area contributed by atoms with E-state index in [0.717, 1.165) is 12.1 Å². The Morgan fingerprint density at radius 2 is 1.82 bits per heavy atom. The summed E-state index contributed by atoms with van der Waals surface area (Å²) >= 11 is 0. The molecule has 0 atom stereocenters. The van der Waals surface area contributed by atoms with Gasteiger partial charge in [-0.2, -0.15) is 0 Å². The molecule has 0 radical (unpaired) electrons. The normalized spacial score (nSPS) is 17.9. The van der Waals surface area contributed by atoms with E-state index in [1.54, 1.807) is 0 Å². The molecule has 0 saturated carbocycles. The topological polar surface area (TPSA) is 3.24 Å². The minimum atomic E-state index is -4.78. The maximum Gasteiger partial charge on any atom is 0.505 e. The summed E-state index contributed by atoms with van der Waals surface area (Å²) in [5, 5.41) is 0. The zero-order valence-corrected chi connectivity index (χ0v) is 9.45. The average Bonchev–Trinajstić information content (AvgIpc) is 2.30. The minimum absolute atomic E-state index is 0.121. The molecule has 1 nitrogen and oxygen atoms in total. The summed E-state index contributed by atoms with van der Waals surface area (Å²) in [5.74, 6) is 0. The zero-order chi connectivity index (χ0) is 12.3. The van der Waals surface area contributed by atoms with Crippen LogP contribution in [0.25, 0.3) is 0 Å². The highest BCUT2D eigenvalue weighted by Crippen LogP contribution is 2.26. The van der Waals surface area contributed by atoms with Crippen LogP contribution >= 0.6 is 0 Å². The van der Waals surface area contributed by atoms with Crippen LogP contribution in [0, 0.1) is 0 Å². The molecule has 0 bridgehead atoms. The molecule has 0 N–H and O–H groups in total. The van der Waals surface area contributed by atoms with Crippen molar-refractivity contribution in [2.75, 3.05) is 13.1 Å². The fourth-order valence-corrected chi connectivity index (χ4v) is 2.01. The van der Waals surface area contributed by atoms with E-state index in [1.807, 2.05) is 35.2 Å². The second-order valence-electron chi connectivity index (χ2n) is 4.32. The van der Waals surface area contributed by atoms with Crippen molar-refractivity contribution in [1.29, 1.82) is 0 Å². The van der Waals surface area contributed by atoms with Crippen molar-refractivity contribution in [3.63, 3.8) is 0 Å². The average molecular weight is 240 g/mol. The van der Waals surface area contributed by atoms with E-state index in [4.69, 9.17) is 0 Å².